The molecule has 5 rings (SSSR count). The third kappa shape index (κ3) is 6.64. The highest BCUT2D eigenvalue weighted by atomic mass is 35.5. The number of benzene rings is 2. The summed E-state index contributed by atoms with van der Waals surface area (Å²) in [6.45, 7) is -0.841. The predicted octanol–water partition coefficient (Wildman–Crippen LogP) is 5.25. The van der Waals surface area contributed by atoms with Crippen molar-refractivity contribution in [1.82, 2.24) is 19.6 Å². The van der Waals surface area contributed by atoms with Crippen molar-refractivity contribution >= 4 is 46.6 Å². The van der Waals surface area contributed by atoms with Crippen molar-refractivity contribution in [1.29, 1.82) is 0 Å². The van der Waals surface area contributed by atoms with Gasteiger partial charge in [-0.25, -0.2) is 4.79 Å². The van der Waals surface area contributed by atoms with Crippen LogP contribution in [0.25, 0.3) is 5.57 Å². The van der Waals surface area contributed by atoms with E-state index in [9.17, 15) is 27.6 Å². The van der Waals surface area contributed by atoms with Crippen molar-refractivity contribution in [2.75, 3.05) is 39.3 Å². The lowest BCUT2D eigenvalue weighted by atomic mass is 10.0. The van der Waals surface area contributed by atoms with E-state index in [4.69, 9.17) is 23.2 Å². The minimum absolute atomic E-state index is 0.00349. The number of hydrogen-bond acceptors (Lipinski definition) is 3. The first-order valence-corrected chi connectivity index (χ1v) is 14.2. The molecule has 1 saturated heterocycles. The van der Waals surface area contributed by atoms with Gasteiger partial charge in [-0.1, -0.05) is 59.6 Å². The molecular formula is C29H29Cl2F3N4O3. The normalized spacial score (nSPS) is 18.8. The maximum atomic E-state index is 13.3. The number of urea groups is 1. The highest BCUT2D eigenvalue weighted by molar-refractivity contribution is 6.43. The second-order valence-electron chi connectivity index (χ2n) is 10.5. The van der Waals surface area contributed by atoms with Crippen LogP contribution in [0.3, 0.4) is 0 Å². The number of nitrogens with zero attached hydrogens (tertiary/aromatic N) is 4. The summed E-state index contributed by atoms with van der Waals surface area (Å²) in [6.07, 6.45) is -0.947. The van der Waals surface area contributed by atoms with Gasteiger partial charge in [-0.2, -0.15) is 13.2 Å². The van der Waals surface area contributed by atoms with Crippen LogP contribution in [-0.4, -0.2) is 88.9 Å². The summed E-state index contributed by atoms with van der Waals surface area (Å²) in [5.41, 5.74) is 2.95. The number of fused-ring (bicyclic) bond motifs is 1. The molecule has 0 aromatic heterocycles. The first-order chi connectivity index (χ1) is 19.5. The predicted molar refractivity (Wildman–Crippen MR) is 149 cm³/mol. The molecule has 0 aliphatic carbocycles. The van der Waals surface area contributed by atoms with E-state index in [1.165, 1.54) is 11.8 Å². The Balaban J connectivity index is 1.26. The summed E-state index contributed by atoms with van der Waals surface area (Å²) in [4.78, 5) is 44.4. The molecule has 0 spiro atoms. The van der Waals surface area contributed by atoms with Gasteiger partial charge in [0.2, 0.25) is 11.8 Å². The second-order valence-corrected chi connectivity index (χ2v) is 11.3. The molecule has 12 heteroatoms. The fourth-order valence-corrected chi connectivity index (χ4v) is 6.18. The van der Waals surface area contributed by atoms with Crippen LogP contribution in [0.4, 0.5) is 18.0 Å². The molecule has 3 aliphatic heterocycles. The lowest BCUT2D eigenvalue weighted by molar-refractivity contribution is -0.140. The smallest absolute Gasteiger partial charge is 0.341 e. The minimum Gasteiger partial charge on any atom is -0.341 e. The zero-order valence-corrected chi connectivity index (χ0v) is 23.7. The average Bonchev–Trinajstić information content (AvgIpc) is 3.09. The molecule has 1 fully saturated rings. The largest absolute Gasteiger partial charge is 0.406 e. The van der Waals surface area contributed by atoms with Crippen molar-refractivity contribution in [3.63, 3.8) is 0 Å². The van der Waals surface area contributed by atoms with Gasteiger partial charge in [-0.15, -0.1) is 0 Å². The molecule has 41 heavy (non-hydrogen) atoms. The molecule has 0 saturated carbocycles. The van der Waals surface area contributed by atoms with Gasteiger partial charge in [-0.3, -0.25) is 14.5 Å². The van der Waals surface area contributed by atoms with Gasteiger partial charge in [0.1, 0.15) is 13.1 Å². The van der Waals surface area contributed by atoms with Crippen LogP contribution in [0.1, 0.15) is 29.5 Å². The number of carbonyl (C=O) groups excluding carboxylic acids is 3. The summed E-state index contributed by atoms with van der Waals surface area (Å²) in [5, 5.41) is 0.378. The number of amides is 4. The standard InChI is InChI=1S/C29H29Cl2F3N4O3/c30-24-7-3-6-23(27(24)31)21-15-36(28(41)37(16-21)18-29(32,33)34)17-26(40)35-11-9-22(10-12-35)38-13-8-19-4-1-2-5-20(19)14-25(38)39/h1-7,15,22H,8-14,16-18H2. The third-order valence-electron chi connectivity index (χ3n) is 7.82. The average molecular weight is 609 g/mol. The van der Waals surface area contributed by atoms with Crippen molar-refractivity contribution in [3.8, 4) is 0 Å². The van der Waals surface area contributed by atoms with Crippen molar-refractivity contribution in [2.24, 2.45) is 0 Å². The lowest BCUT2D eigenvalue weighted by Crippen LogP contribution is -2.53. The Labute approximate surface area is 246 Å². The number of carbonyl (C=O) groups is 3. The summed E-state index contributed by atoms with van der Waals surface area (Å²) >= 11 is 12.4. The Bertz CT molecular complexity index is 1380. The second kappa shape index (κ2) is 11.9. The van der Waals surface area contributed by atoms with Crippen molar-refractivity contribution < 1.29 is 27.6 Å². The number of rotatable bonds is 5. The van der Waals surface area contributed by atoms with E-state index in [1.807, 2.05) is 29.2 Å². The van der Waals surface area contributed by atoms with Crippen molar-refractivity contribution in [2.45, 2.75) is 37.9 Å². The lowest BCUT2D eigenvalue weighted by Gasteiger charge is -2.39. The van der Waals surface area contributed by atoms with E-state index in [-0.39, 0.29) is 34.4 Å². The molecule has 2 aromatic carbocycles. The molecule has 0 unspecified atom stereocenters. The quantitative estimate of drug-likeness (QED) is 0.466. The Morgan fingerprint density at radius 3 is 2.37 bits per heavy atom. The summed E-state index contributed by atoms with van der Waals surface area (Å²) < 4.78 is 39.9. The van der Waals surface area contributed by atoms with E-state index < -0.39 is 25.3 Å². The van der Waals surface area contributed by atoms with Gasteiger partial charge in [0.05, 0.1) is 16.5 Å². The molecule has 0 bridgehead atoms. The number of alkyl halides is 3. The highest BCUT2D eigenvalue weighted by Gasteiger charge is 2.38. The number of piperidine rings is 1. The number of halogens is 5. The van der Waals surface area contributed by atoms with E-state index in [2.05, 4.69) is 0 Å². The molecule has 0 radical (unpaired) electrons. The molecule has 4 amide bonds. The molecule has 7 nitrogen and oxygen atoms in total. The van der Waals surface area contributed by atoms with Crippen LogP contribution in [0, 0.1) is 0 Å². The van der Waals surface area contributed by atoms with Crippen molar-refractivity contribution in [3.05, 3.63) is 75.4 Å². The molecular weight excluding hydrogens is 580 g/mol. The van der Waals surface area contributed by atoms with Crippen LogP contribution in [0.5, 0.6) is 0 Å². The molecule has 218 valence electrons. The zero-order valence-electron chi connectivity index (χ0n) is 22.2. The van der Waals surface area contributed by atoms with Crippen LogP contribution >= 0.6 is 23.2 Å². The van der Waals surface area contributed by atoms with E-state index >= 15 is 0 Å². The van der Waals surface area contributed by atoms with E-state index in [0.29, 0.717) is 54.9 Å². The van der Waals surface area contributed by atoms with E-state index in [0.717, 1.165) is 16.9 Å². The molecule has 0 N–H and O–H groups in total. The molecule has 3 heterocycles. The fraction of sp³-hybridized carbons (Fsp3) is 0.414. The van der Waals surface area contributed by atoms with Gasteiger partial charge >= 0.3 is 12.2 Å². The highest BCUT2D eigenvalue weighted by Crippen LogP contribution is 2.34. The van der Waals surface area contributed by atoms with Gasteiger partial charge in [0.15, 0.2) is 0 Å². The maximum absolute atomic E-state index is 13.3. The first kappa shape index (κ1) is 29.3. The summed E-state index contributed by atoms with van der Waals surface area (Å²) in [5.74, 6) is -0.311. The van der Waals surface area contributed by atoms with E-state index in [1.54, 1.807) is 23.1 Å². The first-order valence-electron chi connectivity index (χ1n) is 13.4. The Hall–Kier alpha value is -3.24. The summed E-state index contributed by atoms with van der Waals surface area (Å²) in [7, 11) is 0. The molecule has 2 aromatic rings. The molecule has 3 aliphatic rings. The Kier molecular flexibility index (Phi) is 8.52. The van der Waals surface area contributed by atoms with Crippen LogP contribution in [0.15, 0.2) is 48.7 Å². The van der Waals surface area contributed by atoms with Crippen LogP contribution in [0.2, 0.25) is 10.0 Å². The third-order valence-corrected chi connectivity index (χ3v) is 8.64. The fourth-order valence-electron chi connectivity index (χ4n) is 5.76. The Morgan fingerprint density at radius 2 is 1.66 bits per heavy atom. The zero-order chi connectivity index (χ0) is 29.3. The van der Waals surface area contributed by atoms with Gasteiger partial charge in [0.25, 0.3) is 0 Å². The number of likely N-dealkylation sites (tertiary alicyclic amines) is 1. The van der Waals surface area contributed by atoms with Gasteiger partial charge < -0.3 is 14.7 Å². The van der Waals surface area contributed by atoms with Gasteiger partial charge in [-0.05, 0) is 42.0 Å². The Morgan fingerprint density at radius 1 is 0.951 bits per heavy atom. The maximum Gasteiger partial charge on any atom is 0.406 e. The monoisotopic (exact) mass is 608 g/mol. The van der Waals surface area contributed by atoms with Gasteiger partial charge in [0, 0.05) is 44.0 Å². The SMILES string of the molecule is O=C(CN1C=C(c2cccc(Cl)c2Cl)CN(CC(F)(F)F)C1=O)N1CCC(N2CCc3ccccc3CC2=O)CC1. The summed E-state index contributed by atoms with van der Waals surface area (Å²) in [6, 6.07) is 11.8. The minimum atomic E-state index is -4.63. The topological polar surface area (TPSA) is 64.2 Å². The molecule has 0 atom stereocenters. The number of hydrogen-bond donors (Lipinski definition) is 0. The van der Waals surface area contributed by atoms with Crippen LogP contribution in [-0.2, 0) is 22.4 Å². The van der Waals surface area contributed by atoms with Crippen LogP contribution < -0.4 is 0 Å².